The topological polar surface area (TPSA) is 122 Å². The number of piperidine rings is 1. The molecule has 0 atom stereocenters. The molecule has 0 aliphatic carbocycles. The van der Waals surface area contributed by atoms with Gasteiger partial charge in [-0.1, -0.05) is 30.3 Å². The molecule has 3 aromatic rings. The first-order valence-corrected chi connectivity index (χ1v) is 13.8. The molecule has 11 heteroatoms. The highest BCUT2D eigenvalue weighted by atomic mass is 32.2. The zero-order valence-electron chi connectivity index (χ0n) is 21.8. The second kappa shape index (κ2) is 13.3. The average Bonchev–Trinajstić information content (AvgIpc) is 3.26. The van der Waals surface area contributed by atoms with Crippen molar-refractivity contribution in [2.75, 3.05) is 17.8 Å². The van der Waals surface area contributed by atoms with Crippen molar-refractivity contribution in [3.05, 3.63) is 81.8 Å². The van der Waals surface area contributed by atoms with Gasteiger partial charge in [-0.25, -0.2) is 4.98 Å². The largest absolute Gasteiger partial charge is 0.352 e. The SMILES string of the molecule is Cc1ncn(CC(=O)NC2CCNCC2)c1CNC(=O)Cn1c(C)ccc(NSCc2ccccc2)c1=O. The Morgan fingerprint density at radius 3 is 2.58 bits per heavy atom. The second-order valence-electron chi connectivity index (χ2n) is 9.43. The molecule has 2 amide bonds. The predicted octanol–water partition coefficient (Wildman–Crippen LogP) is 2.11. The number of aromatic nitrogens is 3. The third-order valence-corrected chi connectivity index (χ3v) is 7.43. The third-order valence-electron chi connectivity index (χ3n) is 6.58. The Balaban J connectivity index is 1.32. The predicted molar refractivity (Wildman–Crippen MR) is 150 cm³/mol. The Kier molecular flexibility index (Phi) is 9.61. The molecule has 2 aromatic heterocycles. The summed E-state index contributed by atoms with van der Waals surface area (Å²) in [5.74, 6) is 0.339. The first-order chi connectivity index (χ1) is 18.4. The fraction of sp³-hybridized carbons (Fsp3) is 0.407. The Morgan fingerprint density at radius 1 is 1.05 bits per heavy atom. The molecular weight excluding hydrogens is 502 g/mol. The lowest BCUT2D eigenvalue weighted by molar-refractivity contribution is -0.122. The van der Waals surface area contributed by atoms with Crippen LogP contribution in [0.3, 0.4) is 0 Å². The van der Waals surface area contributed by atoms with Crippen molar-refractivity contribution in [3.8, 4) is 0 Å². The van der Waals surface area contributed by atoms with Crippen molar-refractivity contribution in [2.45, 2.75) is 58.1 Å². The minimum Gasteiger partial charge on any atom is -0.352 e. The van der Waals surface area contributed by atoms with Crippen LogP contribution < -0.4 is 26.2 Å². The zero-order valence-corrected chi connectivity index (χ0v) is 22.6. The number of amides is 2. The molecule has 1 saturated heterocycles. The summed E-state index contributed by atoms with van der Waals surface area (Å²) in [6.07, 6.45) is 3.45. The summed E-state index contributed by atoms with van der Waals surface area (Å²) in [5, 5.41) is 9.25. The molecule has 4 rings (SSSR count). The van der Waals surface area contributed by atoms with Gasteiger partial charge in [0.15, 0.2) is 0 Å². The van der Waals surface area contributed by atoms with Gasteiger partial charge >= 0.3 is 0 Å². The molecule has 3 heterocycles. The molecule has 1 fully saturated rings. The minimum absolute atomic E-state index is 0.0708. The van der Waals surface area contributed by atoms with Gasteiger partial charge in [-0.3, -0.25) is 14.4 Å². The van der Waals surface area contributed by atoms with E-state index in [0.717, 1.165) is 42.9 Å². The molecule has 0 bridgehead atoms. The van der Waals surface area contributed by atoms with Gasteiger partial charge in [0, 0.05) is 17.5 Å². The molecule has 0 unspecified atom stereocenters. The van der Waals surface area contributed by atoms with Crippen molar-refractivity contribution in [1.82, 2.24) is 30.1 Å². The molecule has 1 aliphatic rings. The number of pyridine rings is 1. The maximum Gasteiger partial charge on any atom is 0.275 e. The van der Waals surface area contributed by atoms with Crippen LogP contribution >= 0.6 is 11.9 Å². The second-order valence-corrected chi connectivity index (χ2v) is 10.2. The van der Waals surface area contributed by atoms with Crippen LogP contribution in [0.1, 0.15) is 35.5 Å². The van der Waals surface area contributed by atoms with Gasteiger partial charge in [0.25, 0.3) is 5.56 Å². The van der Waals surface area contributed by atoms with Crippen LogP contribution in [-0.4, -0.2) is 45.1 Å². The maximum absolute atomic E-state index is 13.0. The fourth-order valence-corrected chi connectivity index (χ4v) is 5.11. The van der Waals surface area contributed by atoms with Crippen molar-refractivity contribution < 1.29 is 9.59 Å². The zero-order chi connectivity index (χ0) is 26.9. The smallest absolute Gasteiger partial charge is 0.275 e. The molecule has 0 spiro atoms. The molecular formula is C27H35N7O3S. The monoisotopic (exact) mass is 537 g/mol. The fourth-order valence-electron chi connectivity index (χ4n) is 4.37. The standard InChI is InChI=1S/C27H35N7O3S/c1-19-8-9-23(32-38-17-21-6-4-3-5-7-21)27(37)34(19)16-25(35)29-14-24-20(2)30-18-33(24)15-26(36)31-22-10-12-28-13-11-22/h3-9,18,22,28,32H,10-17H2,1-2H3,(H,29,35)(H,31,36). The van der Waals surface area contributed by atoms with Crippen LogP contribution in [0.2, 0.25) is 0 Å². The summed E-state index contributed by atoms with van der Waals surface area (Å²) in [7, 11) is 0. The van der Waals surface area contributed by atoms with E-state index in [1.807, 2.05) is 43.3 Å². The molecule has 202 valence electrons. The van der Waals surface area contributed by atoms with Gasteiger partial charge in [-0.15, -0.1) is 0 Å². The van der Waals surface area contributed by atoms with E-state index in [1.165, 1.54) is 16.5 Å². The summed E-state index contributed by atoms with van der Waals surface area (Å²) < 4.78 is 6.34. The van der Waals surface area contributed by atoms with Crippen LogP contribution in [0.5, 0.6) is 0 Å². The van der Waals surface area contributed by atoms with Crippen LogP contribution in [0.4, 0.5) is 5.69 Å². The molecule has 10 nitrogen and oxygen atoms in total. The number of carbonyl (C=O) groups is 2. The van der Waals surface area contributed by atoms with Crippen LogP contribution in [0.25, 0.3) is 0 Å². The van der Waals surface area contributed by atoms with E-state index in [2.05, 4.69) is 25.7 Å². The number of carbonyl (C=O) groups excluding carboxylic acids is 2. The van der Waals surface area contributed by atoms with Gasteiger partial charge < -0.3 is 29.8 Å². The van der Waals surface area contributed by atoms with E-state index < -0.39 is 0 Å². The molecule has 0 saturated carbocycles. The number of nitrogens with one attached hydrogen (secondary N) is 4. The number of aryl methyl sites for hydroxylation is 2. The van der Waals surface area contributed by atoms with Crippen LogP contribution in [-0.2, 0) is 35.0 Å². The van der Waals surface area contributed by atoms with E-state index in [1.54, 1.807) is 23.9 Å². The number of anilines is 1. The quantitative estimate of drug-likeness (QED) is 0.276. The van der Waals surface area contributed by atoms with Gasteiger partial charge in [0.05, 0.1) is 24.3 Å². The summed E-state index contributed by atoms with van der Waals surface area (Å²) in [6, 6.07) is 13.7. The number of rotatable bonds is 11. The molecule has 38 heavy (non-hydrogen) atoms. The van der Waals surface area contributed by atoms with E-state index in [4.69, 9.17) is 0 Å². The first-order valence-electron chi connectivity index (χ1n) is 12.8. The molecule has 4 N–H and O–H groups in total. The van der Waals surface area contributed by atoms with Crippen molar-refractivity contribution in [1.29, 1.82) is 0 Å². The lowest BCUT2D eigenvalue weighted by atomic mass is 10.1. The maximum atomic E-state index is 13.0. The van der Waals surface area contributed by atoms with Crippen LogP contribution in [0, 0.1) is 13.8 Å². The van der Waals surface area contributed by atoms with E-state index in [-0.39, 0.29) is 43.0 Å². The van der Waals surface area contributed by atoms with Crippen molar-refractivity contribution >= 4 is 29.4 Å². The Hall–Kier alpha value is -3.57. The highest BCUT2D eigenvalue weighted by Crippen LogP contribution is 2.15. The lowest BCUT2D eigenvalue weighted by Gasteiger charge is -2.24. The average molecular weight is 538 g/mol. The van der Waals surface area contributed by atoms with Gasteiger partial charge in [0.1, 0.15) is 18.8 Å². The number of hydrogen-bond acceptors (Lipinski definition) is 7. The lowest BCUT2D eigenvalue weighted by Crippen LogP contribution is -2.44. The molecule has 1 aromatic carbocycles. The number of imidazole rings is 1. The van der Waals surface area contributed by atoms with E-state index in [9.17, 15) is 14.4 Å². The summed E-state index contributed by atoms with van der Waals surface area (Å²) in [6.45, 7) is 5.70. The molecule has 1 aliphatic heterocycles. The highest BCUT2D eigenvalue weighted by Gasteiger charge is 2.18. The van der Waals surface area contributed by atoms with Crippen molar-refractivity contribution in [2.24, 2.45) is 0 Å². The Bertz CT molecular complexity index is 1300. The van der Waals surface area contributed by atoms with Crippen molar-refractivity contribution in [3.63, 3.8) is 0 Å². The summed E-state index contributed by atoms with van der Waals surface area (Å²) in [4.78, 5) is 42.8. The number of benzene rings is 1. The number of nitrogens with zero attached hydrogens (tertiary/aromatic N) is 3. The molecule has 0 radical (unpaired) electrons. The number of hydrogen-bond donors (Lipinski definition) is 4. The van der Waals surface area contributed by atoms with Crippen LogP contribution in [0.15, 0.2) is 53.6 Å². The Labute approximate surface area is 226 Å². The highest BCUT2D eigenvalue weighted by molar-refractivity contribution is 7.99. The normalized spacial score (nSPS) is 13.7. The van der Waals surface area contributed by atoms with E-state index >= 15 is 0 Å². The third kappa shape index (κ3) is 7.48. The van der Waals surface area contributed by atoms with Gasteiger partial charge in [-0.05, 0) is 69.4 Å². The van der Waals surface area contributed by atoms with Gasteiger partial charge in [0.2, 0.25) is 11.8 Å². The first kappa shape index (κ1) is 27.5. The summed E-state index contributed by atoms with van der Waals surface area (Å²) >= 11 is 1.42. The summed E-state index contributed by atoms with van der Waals surface area (Å²) in [5.41, 5.74) is 3.52. The van der Waals surface area contributed by atoms with E-state index in [0.29, 0.717) is 17.1 Å². The van der Waals surface area contributed by atoms with Gasteiger partial charge in [-0.2, -0.15) is 0 Å². The Morgan fingerprint density at radius 2 is 1.82 bits per heavy atom. The minimum atomic E-state index is -0.296.